The number of alkyl halides is 2. The van der Waals surface area contributed by atoms with Crippen molar-refractivity contribution in [3.63, 3.8) is 0 Å². The minimum atomic E-state index is -1.39. The summed E-state index contributed by atoms with van der Waals surface area (Å²) in [6, 6.07) is 9.46. The van der Waals surface area contributed by atoms with E-state index in [1.54, 1.807) is 6.08 Å². The summed E-state index contributed by atoms with van der Waals surface area (Å²) in [6.07, 6.45) is 2.95. The van der Waals surface area contributed by atoms with Crippen LogP contribution in [0.25, 0.3) is 6.08 Å². The van der Waals surface area contributed by atoms with Crippen LogP contribution in [0.2, 0.25) is 0 Å². The normalized spacial score (nSPS) is 13.6. The number of allylic oxidation sites excluding steroid dienone is 1. The summed E-state index contributed by atoms with van der Waals surface area (Å²) >= 11 is 5.07. The lowest BCUT2D eigenvalue weighted by Gasteiger charge is -1.90. The van der Waals surface area contributed by atoms with Crippen molar-refractivity contribution in [3.8, 4) is 0 Å². The van der Waals surface area contributed by atoms with Gasteiger partial charge in [0.2, 0.25) is 0 Å². The smallest absolute Gasteiger partial charge is 0.192 e. The number of halogens is 2. The van der Waals surface area contributed by atoms with Gasteiger partial charge in [-0.05, 0) is 11.6 Å². The Balaban J connectivity index is 2.65. The van der Waals surface area contributed by atoms with Crippen molar-refractivity contribution in [2.45, 2.75) is 5.63 Å². The SMILES string of the molecule is FC(Cl)C=Cc1ccccc1. The zero-order valence-corrected chi connectivity index (χ0v) is 6.63. The van der Waals surface area contributed by atoms with Crippen LogP contribution in [0, 0.1) is 0 Å². The minimum Gasteiger partial charge on any atom is -0.225 e. The van der Waals surface area contributed by atoms with Gasteiger partial charge in [-0.1, -0.05) is 48.0 Å². The summed E-state index contributed by atoms with van der Waals surface area (Å²) in [5, 5.41) is 0. The lowest BCUT2D eigenvalue weighted by molar-refractivity contribution is 0.513. The third kappa shape index (κ3) is 3.19. The monoisotopic (exact) mass is 170 g/mol. The van der Waals surface area contributed by atoms with Crippen LogP contribution >= 0.6 is 11.6 Å². The maximum Gasteiger partial charge on any atom is 0.192 e. The molecular weight excluding hydrogens is 163 g/mol. The summed E-state index contributed by atoms with van der Waals surface area (Å²) in [7, 11) is 0. The maximum absolute atomic E-state index is 12.1. The summed E-state index contributed by atoms with van der Waals surface area (Å²) < 4.78 is 12.1. The standard InChI is InChI=1S/C9H8ClF/c10-9(11)7-6-8-4-2-1-3-5-8/h1-7,9H. The van der Waals surface area contributed by atoms with Crippen LogP contribution < -0.4 is 0 Å². The second-order valence-electron chi connectivity index (χ2n) is 2.10. The van der Waals surface area contributed by atoms with E-state index in [-0.39, 0.29) is 0 Å². The van der Waals surface area contributed by atoms with Gasteiger partial charge in [-0.15, -0.1) is 0 Å². The fourth-order valence-corrected chi connectivity index (χ4v) is 0.821. The van der Waals surface area contributed by atoms with Crippen molar-refractivity contribution in [3.05, 3.63) is 42.0 Å². The number of benzene rings is 1. The molecule has 0 aliphatic heterocycles. The average Bonchev–Trinajstić information content (AvgIpc) is 2.03. The number of rotatable bonds is 2. The Morgan fingerprint density at radius 2 is 1.91 bits per heavy atom. The van der Waals surface area contributed by atoms with Gasteiger partial charge in [0.25, 0.3) is 0 Å². The van der Waals surface area contributed by atoms with E-state index in [1.807, 2.05) is 30.3 Å². The highest BCUT2D eigenvalue weighted by molar-refractivity contribution is 6.20. The Morgan fingerprint density at radius 3 is 2.45 bits per heavy atom. The molecule has 0 saturated heterocycles. The Kier molecular flexibility index (Phi) is 3.12. The van der Waals surface area contributed by atoms with E-state index in [1.165, 1.54) is 6.08 Å². The van der Waals surface area contributed by atoms with Gasteiger partial charge < -0.3 is 0 Å². The predicted octanol–water partition coefficient (Wildman–Crippen LogP) is 3.23. The molecule has 1 atom stereocenters. The Hall–Kier alpha value is -0.820. The van der Waals surface area contributed by atoms with Gasteiger partial charge >= 0.3 is 0 Å². The van der Waals surface area contributed by atoms with Crippen molar-refractivity contribution in [2.24, 2.45) is 0 Å². The van der Waals surface area contributed by atoms with Crippen LogP contribution in [-0.4, -0.2) is 5.63 Å². The van der Waals surface area contributed by atoms with Crippen molar-refractivity contribution in [1.29, 1.82) is 0 Å². The molecule has 2 heteroatoms. The van der Waals surface area contributed by atoms with Gasteiger partial charge in [-0.2, -0.15) is 0 Å². The first-order chi connectivity index (χ1) is 5.29. The molecule has 0 heterocycles. The zero-order valence-electron chi connectivity index (χ0n) is 5.87. The lowest BCUT2D eigenvalue weighted by Crippen LogP contribution is -1.77. The molecule has 0 aromatic heterocycles. The van der Waals surface area contributed by atoms with Gasteiger partial charge in [0.1, 0.15) is 0 Å². The molecule has 0 radical (unpaired) electrons. The third-order valence-corrected chi connectivity index (χ3v) is 1.38. The molecule has 1 unspecified atom stereocenters. The zero-order chi connectivity index (χ0) is 8.10. The molecule has 1 aromatic rings. The second-order valence-corrected chi connectivity index (χ2v) is 2.52. The second kappa shape index (κ2) is 4.14. The van der Waals surface area contributed by atoms with Crippen LogP contribution in [0.1, 0.15) is 5.56 Å². The topological polar surface area (TPSA) is 0 Å². The van der Waals surface area contributed by atoms with Crippen molar-refractivity contribution in [1.82, 2.24) is 0 Å². The van der Waals surface area contributed by atoms with Gasteiger partial charge in [0, 0.05) is 0 Å². The molecule has 0 nitrogen and oxygen atoms in total. The van der Waals surface area contributed by atoms with Crippen LogP contribution in [0.4, 0.5) is 4.39 Å². The predicted molar refractivity (Wildman–Crippen MR) is 46.2 cm³/mol. The van der Waals surface area contributed by atoms with E-state index >= 15 is 0 Å². The first-order valence-electron chi connectivity index (χ1n) is 3.30. The molecule has 1 aromatic carbocycles. The molecule has 0 spiro atoms. The van der Waals surface area contributed by atoms with Gasteiger partial charge in [0.05, 0.1) is 0 Å². The molecule has 0 saturated carbocycles. The molecular formula is C9H8ClF. The largest absolute Gasteiger partial charge is 0.225 e. The van der Waals surface area contributed by atoms with E-state index in [9.17, 15) is 4.39 Å². The van der Waals surface area contributed by atoms with Crippen molar-refractivity contribution < 1.29 is 4.39 Å². The quantitative estimate of drug-likeness (QED) is 0.598. The highest BCUT2D eigenvalue weighted by atomic mass is 35.5. The number of hydrogen-bond acceptors (Lipinski definition) is 0. The third-order valence-electron chi connectivity index (χ3n) is 1.23. The van der Waals surface area contributed by atoms with Gasteiger partial charge in [0.15, 0.2) is 5.63 Å². The fraction of sp³-hybridized carbons (Fsp3) is 0.111. The molecule has 58 valence electrons. The summed E-state index contributed by atoms with van der Waals surface area (Å²) in [4.78, 5) is 0. The van der Waals surface area contributed by atoms with Gasteiger partial charge in [-0.3, -0.25) is 0 Å². The van der Waals surface area contributed by atoms with E-state index < -0.39 is 5.63 Å². The minimum absolute atomic E-state index is 0.954. The Bertz CT molecular complexity index is 229. The average molecular weight is 171 g/mol. The highest BCUT2D eigenvalue weighted by Gasteiger charge is 1.90. The van der Waals surface area contributed by atoms with Crippen LogP contribution in [0.15, 0.2) is 36.4 Å². The molecule has 1 rings (SSSR count). The Labute approximate surface area is 70.3 Å². The van der Waals surface area contributed by atoms with E-state index in [0.29, 0.717) is 0 Å². The molecule has 0 bridgehead atoms. The van der Waals surface area contributed by atoms with Gasteiger partial charge in [-0.25, -0.2) is 4.39 Å². The first kappa shape index (κ1) is 8.28. The summed E-state index contributed by atoms with van der Waals surface area (Å²) in [6.45, 7) is 0. The van der Waals surface area contributed by atoms with E-state index in [2.05, 4.69) is 0 Å². The van der Waals surface area contributed by atoms with Crippen molar-refractivity contribution in [2.75, 3.05) is 0 Å². The summed E-state index contributed by atoms with van der Waals surface area (Å²) in [5.41, 5.74) is -0.439. The molecule has 0 aliphatic carbocycles. The maximum atomic E-state index is 12.1. The molecule has 11 heavy (non-hydrogen) atoms. The molecule has 0 aliphatic rings. The highest BCUT2D eigenvalue weighted by Crippen LogP contribution is 2.05. The van der Waals surface area contributed by atoms with E-state index in [0.717, 1.165) is 5.56 Å². The molecule has 0 amide bonds. The summed E-state index contributed by atoms with van der Waals surface area (Å²) in [5.74, 6) is 0. The van der Waals surface area contributed by atoms with Crippen molar-refractivity contribution >= 4 is 17.7 Å². The van der Waals surface area contributed by atoms with Crippen LogP contribution in [-0.2, 0) is 0 Å². The van der Waals surface area contributed by atoms with Crippen LogP contribution in [0.3, 0.4) is 0 Å². The Morgan fingerprint density at radius 1 is 1.27 bits per heavy atom. The lowest BCUT2D eigenvalue weighted by atomic mass is 10.2. The fourth-order valence-electron chi connectivity index (χ4n) is 0.748. The molecule has 0 N–H and O–H groups in total. The first-order valence-corrected chi connectivity index (χ1v) is 3.74. The number of hydrogen-bond donors (Lipinski definition) is 0. The van der Waals surface area contributed by atoms with Crippen LogP contribution in [0.5, 0.6) is 0 Å². The van der Waals surface area contributed by atoms with E-state index in [4.69, 9.17) is 11.6 Å². The molecule has 0 fully saturated rings.